The SMILES string of the molecule is CC1=COC(C)N1c1ccc(F)c(-n2cc3cc(C(C)(C)C)cnc3n2)c1. The third-order valence-electron chi connectivity index (χ3n) is 4.86. The van der Waals surface area contributed by atoms with Crippen LogP contribution in [0.3, 0.4) is 0 Å². The van der Waals surface area contributed by atoms with Crippen LogP contribution in [0.1, 0.15) is 40.2 Å². The lowest BCUT2D eigenvalue weighted by Gasteiger charge is -2.24. The predicted molar refractivity (Wildman–Crippen MR) is 104 cm³/mol. The van der Waals surface area contributed by atoms with Crippen LogP contribution in [0.5, 0.6) is 0 Å². The van der Waals surface area contributed by atoms with Crippen molar-refractivity contribution >= 4 is 16.7 Å². The molecule has 27 heavy (non-hydrogen) atoms. The molecule has 1 aliphatic heterocycles. The maximum Gasteiger partial charge on any atom is 0.181 e. The molecule has 3 heterocycles. The highest BCUT2D eigenvalue weighted by Gasteiger charge is 2.24. The summed E-state index contributed by atoms with van der Waals surface area (Å²) in [5.74, 6) is -0.336. The zero-order valence-corrected chi connectivity index (χ0v) is 16.2. The van der Waals surface area contributed by atoms with Crippen molar-refractivity contribution in [1.82, 2.24) is 14.8 Å². The lowest BCUT2D eigenvalue weighted by Crippen LogP contribution is -2.27. The fraction of sp³-hybridized carbons (Fsp3) is 0.333. The Labute approximate surface area is 158 Å². The van der Waals surface area contributed by atoms with E-state index in [1.54, 1.807) is 23.1 Å². The summed E-state index contributed by atoms with van der Waals surface area (Å²) in [7, 11) is 0. The maximum absolute atomic E-state index is 14.6. The Hall–Kier alpha value is -2.89. The molecule has 1 aromatic carbocycles. The molecule has 1 atom stereocenters. The van der Waals surface area contributed by atoms with Crippen molar-refractivity contribution < 1.29 is 9.13 Å². The first-order valence-electron chi connectivity index (χ1n) is 9.01. The number of rotatable bonds is 2. The largest absolute Gasteiger partial charge is 0.476 e. The number of benzene rings is 1. The molecule has 6 heteroatoms. The second-order valence-electron chi connectivity index (χ2n) is 7.96. The predicted octanol–water partition coefficient (Wildman–Crippen LogP) is 4.90. The van der Waals surface area contributed by atoms with Crippen molar-refractivity contribution in [3.8, 4) is 5.69 Å². The lowest BCUT2D eigenvalue weighted by molar-refractivity contribution is 0.190. The molecule has 1 aliphatic rings. The van der Waals surface area contributed by atoms with Crippen LogP contribution < -0.4 is 4.90 Å². The summed E-state index contributed by atoms with van der Waals surface area (Å²) in [6.45, 7) is 10.3. The summed E-state index contributed by atoms with van der Waals surface area (Å²) < 4.78 is 21.7. The third kappa shape index (κ3) is 3.05. The quantitative estimate of drug-likeness (QED) is 0.647. The minimum atomic E-state index is -0.336. The van der Waals surface area contributed by atoms with E-state index in [1.807, 2.05) is 31.1 Å². The Kier molecular flexibility index (Phi) is 3.94. The summed E-state index contributed by atoms with van der Waals surface area (Å²) >= 11 is 0. The number of pyridine rings is 1. The van der Waals surface area contributed by atoms with E-state index >= 15 is 0 Å². The molecule has 1 unspecified atom stereocenters. The van der Waals surface area contributed by atoms with Gasteiger partial charge in [-0.3, -0.25) is 0 Å². The molecule has 0 N–H and O–H groups in total. The van der Waals surface area contributed by atoms with Crippen molar-refractivity contribution in [2.24, 2.45) is 0 Å². The summed E-state index contributed by atoms with van der Waals surface area (Å²) in [6, 6.07) is 7.06. The summed E-state index contributed by atoms with van der Waals surface area (Å²) in [6.07, 6.45) is 5.25. The number of aromatic nitrogens is 3. The van der Waals surface area contributed by atoms with Crippen molar-refractivity contribution in [1.29, 1.82) is 0 Å². The van der Waals surface area contributed by atoms with Gasteiger partial charge in [0.05, 0.1) is 5.70 Å². The second-order valence-corrected chi connectivity index (χ2v) is 7.96. The molecule has 0 aliphatic carbocycles. The van der Waals surface area contributed by atoms with Crippen LogP contribution in [0.4, 0.5) is 10.1 Å². The van der Waals surface area contributed by atoms with Gasteiger partial charge in [0, 0.05) is 23.5 Å². The average molecular weight is 366 g/mol. The first-order valence-corrected chi connectivity index (χ1v) is 9.01. The van der Waals surface area contributed by atoms with Gasteiger partial charge in [-0.15, -0.1) is 5.10 Å². The average Bonchev–Trinajstić information content (AvgIpc) is 3.17. The van der Waals surface area contributed by atoms with Crippen LogP contribution >= 0.6 is 0 Å². The fourth-order valence-electron chi connectivity index (χ4n) is 3.29. The Bertz CT molecular complexity index is 1050. The molecule has 0 spiro atoms. The van der Waals surface area contributed by atoms with Crippen molar-refractivity contribution in [2.75, 3.05) is 4.90 Å². The van der Waals surface area contributed by atoms with Crippen molar-refractivity contribution in [3.05, 3.63) is 60.0 Å². The van der Waals surface area contributed by atoms with E-state index in [-0.39, 0.29) is 17.5 Å². The molecule has 3 aromatic rings. The van der Waals surface area contributed by atoms with Crippen LogP contribution in [-0.2, 0) is 10.2 Å². The van der Waals surface area contributed by atoms with Gasteiger partial charge in [0.2, 0.25) is 0 Å². The first kappa shape index (κ1) is 17.5. The van der Waals surface area contributed by atoms with Crippen LogP contribution in [0.2, 0.25) is 0 Å². The van der Waals surface area contributed by atoms with Crippen LogP contribution in [0.25, 0.3) is 16.7 Å². The highest BCUT2D eigenvalue weighted by molar-refractivity contribution is 5.75. The zero-order chi connectivity index (χ0) is 19.3. The van der Waals surface area contributed by atoms with Gasteiger partial charge in [-0.2, -0.15) is 0 Å². The number of halogens is 1. The topological polar surface area (TPSA) is 43.2 Å². The van der Waals surface area contributed by atoms with Crippen LogP contribution in [0, 0.1) is 5.82 Å². The Morgan fingerprint density at radius 2 is 1.96 bits per heavy atom. The summed E-state index contributed by atoms with van der Waals surface area (Å²) in [5, 5.41) is 5.36. The Balaban J connectivity index is 1.79. The number of anilines is 1. The molecule has 0 fully saturated rings. The molecule has 0 saturated carbocycles. The number of nitrogens with zero attached hydrogens (tertiary/aromatic N) is 4. The molecule has 0 radical (unpaired) electrons. The Morgan fingerprint density at radius 1 is 1.19 bits per heavy atom. The molecule has 0 bridgehead atoms. The normalized spacial score (nSPS) is 17.3. The van der Waals surface area contributed by atoms with Gasteiger partial charge in [-0.25, -0.2) is 14.1 Å². The summed E-state index contributed by atoms with van der Waals surface area (Å²) in [4.78, 5) is 6.47. The number of hydrogen-bond acceptors (Lipinski definition) is 4. The maximum atomic E-state index is 14.6. The molecule has 4 rings (SSSR count). The van der Waals surface area contributed by atoms with Gasteiger partial charge in [0.25, 0.3) is 0 Å². The fourth-order valence-corrected chi connectivity index (χ4v) is 3.29. The van der Waals surface area contributed by atoms with E-state index < -0.39 is 0 Å². The highest BCUT2D eigenvalue weighted by atomic mass is 19.1. The zero-order valence-electron chi connectivity index (χ0n) is 16.2. The monoisotopic (exact) mass is 366 g/mol. The number of allylic oxidation sites excluding steroid dienone is 1. The van der Waals surface area contributed by atoms with Gasteiger partial charge in [-0.05, 0) is 49.1 Å². The van der Waals surface area contributed by atoms with Crippen molar-refractivity contribution in [3.63, 3.8) is 0 Å². The Morgan fingerprint density at radius 3 is 2.63 bits per heavy atom. The number of ether oxygens (including phenoxy) is 1. The van der Waals surface area contributed by atoms with Gasteiger partial charge < -0.3 is 9.64 Å². The van der Waals surface area contributed by atoms with Crippen molar-refractivity contribution in [2.45, 2.75) is 46.3 Å². The highest BCUT2D eigenvalue weighted by Crippen LogP contribution is 2.31. The molecule has 5 nitrogen and oxygen atoms in total. The molecule has 140 valence electrons. The van der Waals surface area contributed by atoms with E-state index in [0.29, 0.717) is 11.3 Å². The van der Waals surface area contributed by atoms with Gasteiger partial charge >= 0.3 is 0 Å². The summed E-state index contributed by atoms with van der Waals surface area (Å²) in [5.41, 5.74) is 3.92. The third-order valence-corrected chi connectivity index (χ3v) is 4.86. The van der Waals surface area contributed by atoms with E-state index in [0.717, 1.165) is 22.3 Å². The first-order chi connectivity index (χ1) is 12.7. The number of fused-ring (bicyclic) bond motifs is 1. The van der Waals surface area contributed by atoms with Crippen LogP contribution in [-0.4, -0.2) is 21.0 Å². The van der Waals surface area contributed by atoms with E-state index in [2.05, 4.69) is 36.9 Å². The smallest absolute Gasteiger partial charge is 0.181 e. The molecular formula is C21H23FN4O. The molecular weight excluding hydrogens is 343 g/mol. The standard InChI is InChI=1S/C21H23FN4O/c1-13-12-27-14(2)26(13)17-6-7-18(22)19(9-17)25-11-15-8-16(21(3,4)5)10-23-20(15)24-25/h6-12,14H,1-5H3. The molecule has 0 saturated heterocycles. The van der Waals surface area contributed by atoms with Crippen LogP contribution in [0.15, 0.2) is 48.6 Å². The van der Waals surface area contributed by atoms with Gasteiger partial charge in [0.1, 0.15) is 17.8 Å². The molecule has 2 aromatic heterocycles. The minimum absolute atomic E-state index is 0.00971. The van der Waals surface area contributed by atoms with Gasteiger partial charge in [-0.1, -0.05) is 20.8 Å². The minimum Gasteiger partial charge on any atom is -0.476 e. The van der Waals surface area contributed by atoms with E-state index in [4.69, 9.17) is 4.74 Å². The molecule has 0 amide bonds. The van der Waals surface area contributed by atoms with Gasteiger partial charge in [0.15, 0.2) is 11.9 Å². The lowest BCUT2D eigenvalue weighted by atomic mass is 9.88. The number of hydrogen-bond donors (Lipinski definition) is 0. The second kappa shape index (κ2) is 6.08. The van der Waals surface area contributed by atoms with E-state index in [1.165, 1.54) is 6.07 Å². The van der Waals surface area contributed by atoms with E-state index in [9.17, 15) is 4.39 Å².